The summed E-state index contributed by atoms with van der Waals surface area (Å²) in [6.45, 7) is 0. The van der Waals surface area contributed by atoms with Gasteiger partial charge in [-0.15, -0.1) is 10.2 Å². The zero-order valence-corrected chi connectivity index (χ0v) is 21.4. The predicted octanol–water partition coefficient (Wildman–Crippen LogP) is 6.17. The molecule has 182 valence electrons. The van der Waals surface area contributed by atoms with Gasteiger partial charge in [0.2, 0.25) is 11.8 Å². The Bertz CT molecular complexity index is 1410. The second kappa shape index (κ2) is 11.9. The van der Waals surface area contributed by atoms with E-state index in [1.165, 1.54) is 17.8 Å². The topological polar surface area (TPSA) is 88.9 Å². The number of nitrogens with zero attached hydrogens (tertiary/aromatic N) is 3. The Morgan fingerprint density at radius 2 is 1.64 bits per heavy atom. The molecule has 0 atom stereocenters. The maximum atomic E-state index is 12.3. The summed E-state index contributed by atoms with van der Waals surface area (Å²) in [6, 6.07) is 21.8. The molecule has 0 saturated carbocycles. The van der Waals surface area contributed by atoms with Gasteiger partial charge in [-0.25, -0.2) is 0 Å². The molecule has 0 fully saturated rings. The van der Waals surface area contributed by atoms with E-state index in [0.29, 0.717) is 32.4 Å². The number of benzene rings is 3. The number of carbonyl (C=O) groups is 2. The quantitative estimate of drug-likeness (QED) is 0.207. The average Bonchev–Trinajstić information content (AvgIpc) is 3.25. The van der Waals surface area contributed by atoms with Crippen LogP contribution in [0.15, 0.2) is 84.0 Å². The Hall–Kier alpha value is -3.59. The molecule has 1 aromatic heterocycles. The molecule has 0 unspecified atom stereocenters. The van der Waals surface area contributed by atoms with Crippen LogP contribution in [0, 0.1) is 0 Å². The van der Waals surface area contributed by atoms with Gasteiger partial charge in [0.05, 0.1) is 15.8 Å². The van der Waals surface area contributed by atoms with E-state index in [-0.39, 0.29) is 17.6 Å². The molecule has 0 aliphatic rings. The van der Waals surface area contributed by atoms with E-state index in [0.717, 1.165) is 11.1 Å². The number of hydrogen-bond acceptors (Lipinski definition) is 5. The van der Waals surface area contributed by atoms with Crippen molar-refractivity contribution in [2.75, 3.05) is 16.4 Å². The van der Waals surface area contributed by atoms with Gasteiger partial charge in [0, 0.05) is 30.1 Å². The summed E-state index contributed by atoms with van der Waals surface area (Å²) in [5.74, 6) is 0.366. The van der Waals surface area contributed by atoms with Crippen molar-refractivity contribution in [3.8, 4) is 11.4 Å². The molecule has 36 heavy (non-hydrogen) atoms. The SMILES string of the molecule is Cn1c(SCC(=O)Nc2ccc(Cl)c(Cl)c2)nnc1-c1ccc(NC(=O)C=Cc2ccccc2)cc1. The highest BCUT2D eigenvalue weighted by atomic mass is 35.5. The first-order valence-electron chi connectivity index (χ1n) is 10.8. The van der Waals surface area contributed by atoms with Crippen LogP contribution < -0.4 is 10.6 Å². The van der Waals surface area contributed by atoms with Gasteiger partial charge in [-0.2, -0.15) is 0 Å². The van der Waals surface area contributed by atoms with Crippen LogP contribution in [0.2, 0.25) is 10.0 Å². The average molecular weight is 538 g/mol. The van der Waals surface area contributed by atoms with Gasteiger partial charge >= 0.3 is 0 Å². The molecule has 0 bridgehead atoms. The molecule has 3 aromatic carbocycles. The van der Waals surface area contributed by atoms with Crippen molar-refractivity contribution in [1.82, 2.24) is 14.8 Å². The third-order valence-corrected chi connectivity index (χ3v) is 6.77. The van der Waals surface area contributed by atoms with Crippen LogP contribution >= 0.6 is 35.0 Å². The van der Waals surface area contributed by atoms with Gasteiger partial charge in [0.25, 0.3) is 0 Å². The molecule has 7 nitrogen and oxygen atoms in total. The summed E-state index contributed by atoms with van der Waals surface area (Å²) >= 11 is 13.2. The zero-order valence-electron chi connectivity index (χ0n) is 19.1. The van der Waals surface area contributed by atoms with Gasteiger partial charge in [-0.1, -0.05) is 65.3 Å². The molecular weight excluding hydrogens is 517 g/mol. The molecule has 0 aliphatic carbocycles. The van der Waals surface area contributed by atoms with E-state index < -0.39 is 0 Å². The molecule has 2 N–H and O–H groups in total. The first kappa shape index (κ1) is 25.5. The Kier molecular flexibility index (Phi) is 8.43. The minimum Gasteiger partial charge on any atom is -0.325 e. The van der Waals surface area contributed by atoms with Crippen LogP contribution in [0.3, 0.4) is 0 Å². The van der Waals surface area contributed by atoms with E-state index in [1.807, 2.05) is 54.1 Å². The number of halogens is 2. The Morgan fingerprint density at radius 3 is 2.36 bits per heavy atom. The largest absolute Gasteiger partial charge is 0.325 e. The van der Waals surface area contributed by atoms with E-state index >= 15 is 0 Å². The lowest BCUT2D eigenvalue weighted by Crippen LogP contribution is -2.14. The first-order valence-corrected chi connectivity index (χ1v) is 12.5. The minimum absolute atomic E-state index is 0.147. The third-order valence-electron chi connectivity index (χ3n) is 5.01. The number of nitrogens with one attached hydrogen (secondary N) is 2. The van der Waals surface area contributed by atoms with Gasteiger partial charge < -0.3 is 15.2 Å². The smallest absolute Gasteiger partial charge is 0.248 e. The van der Waals surface area contributed by atoms with Crippen molar-refractivity contribution in [1.29, 1.82) is 0 Å². The van der Waals surface area contributed by atoms with Gasteiger partial charge in [-0.05, 0) is 54.1 Å². The van der Waals surface area contributed by atoms with Crippen LogP contribution in [-0.4, -0.2) is 32.3 Å². The Morgan fingerprint density at radius 1 is 0.917 bits per heavy atom. The van der Waals surface area contributed by atoms with Crippen LogP contribution in [0.1, 0.15) is 5.56 Å². The van der Waals surface area contributed by atoms with Crippen molar-refractivity contribution in [2.24, 2.45) is 7.05 Å². The standard InChI is InChI=1S/C26H21Cl2N5O2S/c1-33-25(31-32-26(33)36-16-24(35)30-20-12-13-21(27)22(28)15-20)18-8-10-19(11-9-18)29-23(34)14-7-17-5-3-2-4-6-17/h2-15H,16H2,1H3,(H,29,34)(H,30,35). The van der Waals surface area contributed by atoms with Crippen molar-refractivity contribution < 1.29 is 9.59 Å². The summed E-state index contributed by atoms with van der Waals surface area (Å²) in [7, 11) is 1.83. The summed E-state index contributed by atoms with van der Waals surface area (Å²) < 4.78 is 1.81. The second-order valence-electron chi connectivity index (χ2n) is 7.64. The first-order chi connectivity index (χ1) is 17.4. The van der Waals surface area contributed by atoms with Crippen molar-refractivity contribution in [3.05, 3.63) is 94.5 Å². The molecule has 4 aromatic rings. The number of carbonyl (C=O) groups excluding carboxylic acids is 2. The zero-order chi connectivity index (χ0) is 25.5. The van der Waals surface area contributed by atoms with Gasteiger partial charge in [0.1, 0.15) is 0 Å². The van der Waals surface area contributed by atoms with E-state index in [2.05, 4.69) is 20.8 Å². The summed E-state index contributed by atoms with van der Waals surface area (Å²) in [6.07, 6.45) is 3.25. The number of rotatable bonds is 8. The van der Waals surface area contributed by atoms with Crippen molar-refractivity contribution in [3.63, 3.8) is 0 Å². The number of amides is 2. The maximum absolute atomic E-state index is 12.3. The highest BCUT2D eigenvalue weighted by Gasteiger charge is 2.14. The monoisotopic (exact) mass is 537 g/mol. The molecule has 1 heterocycles. The van der Waals surface area contributed by atoms with Crippen LogP contribution in [-0.2, 0) is 16.6 Å². The minimum atomic E-state index is -0.219. The van der Waals surface area contributed by atoms with Crippen LogP contribution in [0.25, 0.3) is 17.5 Å². The lowest BCUT2D eigenvalue weighted by molar-refractivity contribution is -0.114. The van der Waals surface area contributed by atoms with E-state index in [1.54, 1.807) is 36.4 Å². The van der Waals surface area contributed by atoms with Crippen molar-refractivity contribution in [2.45, 2.75) is 5.16 Å². The maximum Gasteiger partial charge on any atom is 0.248 e. The fourth-order valence-corrected chi connectivity index (χ4v) is 4.22. The van der Waals surface area contributed by atoms with Gasteiger partial charge in [0.15, 0.2) is 11.0 Å². The predicted molar refractivity (Wildman–Crippen MR) is 146 cm³/mol. The summed E-state index contributed by atoms with van der Waals surface area (Å²) in [4.78, 5) is 24.5. The molecule has 0 spiro atoms. The number of aromatic nitrogens is 3. The van der Waals surface area contributed by atoms with Crippen molar-refractivity contribution >= 4 is 64.2 Å². The van der Waals surface area contributed by atoms with E-state index in [4.69, 9.17) is 23.2 Å². The third kappa shape index (κ3) is 6.75. The van der Waals surface area contributed by atoms with E-state index in [9.17, 15) is 9.59 Å². The van der Waals surface area contributed by atoms with Crippen LogP contribution in [0.4, 0.5) is 11.4 Å². The lowest BCUT2D eigenvalue weighted by atomic mass is 10.2. The fraction of sp³-hybridized carbons (Fsp3) is 0.0769. The summed E-state index contributed by atoms with van der Waals surface area (Å²) in [5, 5.41) is 15.5. The number of anilines is 2. The van der Waals surface area contributed by atoms with Crippen LogP contribution in [0.5, 0.6) is 0 Å². The highest BCUT2D eigenvalue weighted by molar-refractivity contribution is 7.99. The normalized spacial score (nSPS) is 11.0. The molecule has 0 aliphatic heterocycles. The number of thioether (sulfide) groups is 1. The Balaban J connectivity index is 1.33. The van der Waals surface area contributed by atoms with Gasteiger partial charge in [-0.3, -0.25) is 9.59 Å². The molecule has 4 rings (SSSR count). The highest BCUT2D eigenvalue weighted by Crippen LogP contribution is 2.26. The Labute approximate surface area is 222 Å². The summed E-state index contributed by atoms with van der Waals surface area (Å²) in [5.41, 5.74) is 3.01. The lowest BCUT2D eigenvalue weighted by Gasteiger charge is -2.07. The molecular formula is C26H21Cl2N5O2S. The second-order valence-corrected chi connectivity index (χ2v) is 9.40. The molecule has 0 saturated heterocycles. The number of hydrogen-bond donors (Lipinski definition) is 2. The molecule has 0 radical (unpaired) electrons. The fourth-order valence-electron chi connectivity index (χ4n) is 3.22. The molecule has 10 heteroatoms. The molecule has 2 amide bonds.